The van der Waals surface area contributed by atoms with E-state index in [4.69, 9.17) is 0 Å². The van der Waals surface area contributed by atoms with E-state index in [1.807, 2.05) is 0 Å². The Labute approximate surface area is 135 Å². The van der Waals surface area contributed by atoms with E-state index in [0.717, 1.165) is 6.54 Å². The van der Waals surface area contributed by atoms with Crippen LogP contribution in [0.3, 0.4) is 0 Å². The van der Waals surface area contributed by atoms with Gasteiger partial charge in [-0.3, -0.25) is 4.79 Å². The van der Waals surface area contributed by atoms with Gasteiger partial charge < -0.3 is 10.6 Å². The molecule has 0 bridgehead atoms. The summed E-state index contributed by atoms with van der Waals surface area (Å²) in [5, 5.41) is 5.89. The number of halogens is 1. The Morgan fingerprint density at radius 1 is 1.26 bits per heavy atom. The van der Waals surface area contributed by atoms with Gasteiger partial charge in [0.1, 0.15) is 23.7 Å². The Hall–Kier alpha value is -2.50. The van der Waals surface area contributed by atoms with E-state index in [0.29, 0.717) is 36.0 Å². The van der Waals surface area contributed by atoms with Crippen LogP contribution < -0.4 is 10.6 Å². The average Bonchev–Trinajstić information content (AvgIpc) is 2.55. The molecule has 0 unspecified atom stereocenters. The number of aromatic nitrogens is 2. The van der Waals surface area contributed by atoms with Gasteiger partial charge in [0.15, 0.2) is 0 Å². The van der Waals surface area contributed by atoms with Gasteiger partial charge in [0.2, 0.25) is 0 Å². The van der Waals surface area contributed by atoms with Crippen LogP contribution in [-0.2, 0) is 6.42 Å². The lowest BCUT2D eigenvalue weighted by Gasteiger charge is -2.09. The van der Waals surface area contributed by atoms with Gasteiger partial charge in [-0.2, -0.15) is 0 Å². The van der Waals surface area contributed by atoms with Crippen LogP contribution in [0.4, 0.5) is 10.2 Å². The van der Waals surface area contributed by atoms with Crippen molar-refractivity contribution < 1.29 is 9.18 Å². The third-order valence-electron chi connectivity index (χ3n) is 3.23. The van der Waals surface area contributed by atoms with Crippen molar-refractivity contribution in [1.82, 2.24) is 15.3 Å². The van der Waals surface area contributed by atoms with Crippen LogP contribution in [-0.4, -0.2) is 29.0 Å². The van der Waals surface area contributed by atoms with Gasteiger partial charge in [0, 0.05) is 19.2 Å². The van der Waals surface area contributed by atoms with E-state index >= 15 is 0 Å². The number of carbonyl (C=O) groups excluding carboxylic acids is 1. The van der Waals surface area contributed by atoms with Crippen molar-refractivity contribution in [2.45, 2.75) is 20.3 Å². The molecule has 0 atom stereocenters. The van der Waals surface area contributed by atoms with E-state index in [1.54, 1.807) is 24.3 Å². The Kier molecular flexibility index (Phi) is 6.02. The molecule has 0 fully saturated rings. The zero-order valence-electron chi connectivity index (χ0n) is 13.3. The fourth-order valence-electron chi connectivity index (χ4n) is 1.99. The van der Waals surface area contributed by atoms with Gasteiger partial charge in [-0.15, -0.1) is 0 Å². The standard InChI is InChI=1S/C17H21FN4O/c1-12(2)10-20-16-9-15(21-11-22-16)17(23)19-8-7-13-5-3-4-6-14(13)18/h3-6,9,11-12H,7-8,10H2,1-2H3,(H,19,23)(H,20,21,22). The highest BCUT2D eigenvalue weighted by molar-refractivity contribution is 5.92. The number of nitrogens with zero attached hydrogens (tertiary/aromatic N) is 2. The average molecular weight is 316 g/mol. The zero-order valence-corrected chi connectivity index (χ0v) is 13.3. The van der Waals surface area contributed by atoms with Gasteiger partial charge >= 0.3 is 0 Å². The first-order valence-electron chi connectivity index (χ1n) is 7.64. The van der Waals surface area contributed by atoms with Crippen LogP contribution in [0.15, 0.2) is 36.7 Å². The Balaban J connectivity index is 1.88. The molecule has 2 rings (SSSR count). The van der Waals surface area contributed by atoms with Crippen LogP contribution in [0.5, 0.6) is 0 Å². The van der Waals surface area contributed by atoms with Crippen LogP contribution in [0.1, 0.15) is 29.9 Å². The molecule has 23 heavy (non-hydrogen) atoms. The molecule has 122 valence electrons. The smallest absolute Gasteiger partial charge is 0.270 e. The molecular formula is C17H21FN4O. The molecule has 1 aromatic carbocycles. The van der Waals surface area contributed by atoms with Crippen LogP contribution in [0, 0.1) is 11.7 Å². The van der Waals surface area contributed by atoms with Crippen molar-refractivity contribution in [3.05, 3.63) is 53.7 Å². The van der Waals surface area contributed by atoms with Crippen molar-refractivity contribution in [3.63, 3.8) is 0 Å². The molecule has 0 spiro atoms. The van der Waals surface area contributed by atoms with E-state index in [1.165, 1.54) is 12.4 Å². The lowest BCUT2D eigenvalue weighted by Crippen LogP contribution is -2.27. The summed E-state index contributed by atoms with van der Waals surface area (Å²) in [6.07, 6.45) is 1.79. The molecule has 0 aliphatic rings. The first-order valence-corrected chi connectivity index (χ1v) is 7.64. The lowest BCUT2D eigenvalue weighted by atomic mass is 10.1. The number of hydrogen-bond acceptors (Lipinski definition) is 4. The summed E-state index contributed by atoms with van der Waals surface area (Å²) in [5.74, 6) is 0.538. The van der Waals surface area contributed by atoms with Crippen LogP contribution in [0.25, 0.3) is 0 Å². The van der Waals surface area contributed by atoms with Crippen molar-refractivity contribution in [2.24, 2.45) is 5.92 Å². The van der Waals surface area contributed by atoms with Gasteiger partial charge in [-0.1, -0.05) is 32.0 Å². The van der Waals surface area contributed by atoms with Gasteiger partial charge in [0.05, 0.1) is 0 Å². The number of benzene rings is 1. The molecule has 1 amide bonds. The maximum absolute atomic E-state index is 13.5. The number of hydrogen-bond donors (Lipinski definition) is 2. The summed E-state index contributed by atoms with van der Waals surface area (Å²) in [6.45, 7) is 5.29. The molecule has 1 heterocycles. The monoisotopic (exact) mass is 316 g/mol. The van der Waals surface area contributed by atoms with E-state index < -0.39 is 0 Å². The maximum Gasteiger partial charge on any atom is 0.270 e. The molecule has 2 N–H and O–H groups in total. The first-order chi connectivity index (χ1) is 11.1. The molecule has 0 aliphatic carbocycles. The summed E-state index contributed by atoms with van der Waals surface area (Å²) in [5.41, 5.74) is 0.870. The van der Waals surface area contributed by atoms with E-state index in [9.17, 15) is 9.18 Å². The number of rotatable bonds is 7. The number of carbonyl (C=O) groups is 1. The van der Waals surface area contributed by atoms with Crippen molar-refractivity contribution in [3.8, 4) is 0 Å². The summed E-state index contributed by atoms with van der Waals surface area (Å²) in [6, 6.07) is 8.15. The highest BCUT2D eigenvalue weighted by atomic mass is 19.1. The topological polar surface area (TPSA) is 66.9 Å². The predicted molar refractivity (Wildman–Crippen MR) is 87.8 cm³/mol. The summed E-state index contributed by atoms with van der Waals surface area (Å²) in [4.78, 5) is 20.1. The lowest BCUT2D eigenvalue weighted by molar-refractivity contribution is 0.0949. The SMILES string of the molecule is CC(C)CNc1cc(C(=O)NCCc2ccccc2F)ncn1. The molecular weight excluding hydrogens is 295 g/mol. The molecule has 0 saturated carbocycles. The van der Waals surface area contributed by atoms with Crippen molar-refractivity contribution in [2.75, 3.05) is 18.4 Å². The second kappa shape index (κ2) is 8.22. The minimum Gasteiger partial charge on any atom is -0.370 e. The normalized spacial score (nSPS) is 10.6. The molecule has 2 aromatic rings. The summed E-state index contributed by atoms with van der Waals surface area (Å²) < 4.78 is 13.5. The first kappa shape index (κ1) is 16.9. The van der Waals surface area contributed by atoms with Gasteiger partial charge in [-0.05, 0) is 24.0 Å². The van der Waals surface area contributed by atoms with Crippen LogP contribution in [0.2, 0.25) is 0 Å². The highest BCUT2D eigenvalue weighted by Gasteiger charge is 2.09. The zero-order chi connectivity index (χ0) is 16.7. The minimum absolute atomic E-state index is 0.260. The maximum atomic E-state index is 13.5. The number of nitrogens with one attached hydrogen (secondary N) is 2. The van der Waals surface area contributed by atoms with E-state index in [2.05, 4.69) is 34.4 Å². The largest absolute Gasteiger partial charge is 0.370 e. The van der Waals surface area contributed by atoms with Crippen molar-refractivity contribution >= 4 is 11.7 Å². The quantitative estimate of drug-likeness (QED) is 0.824. The molecule has 0 aliphatic heterocycles. The van der Waals surface area contributed by atoms with E-state index in [-0.39, 0.29) is 11.7 Å². The summed E-state index contributed by atoms with van der Waals surface area (Å²) >= 11 is 0. The highest BCUT2D eigenvalue weighted by Crippen LogP contribution is 2.07. The number of amides is 1. The molecule has 5 nitrogen and oxygen atoms in total. The Bertz CT molecular complexity index is 661. The third-order valence-corrected chi connectivity index (χ3v) is 3.23. The summed E-state index contributed by atoms with van der Waals surface area (Å²) in [7, 11) is 0. The predicted octanol–water partition coefficient (Wildman–Crippen LogP) is 2.66. The molecule has 0 saturated heterocycles. The minimum atomic E-state index is -0.295. The van der Waals surface area contributed by atoms with Crippen LogP contribution >= 0.6 is 0 Å². The van der Waals surface area contributed by atoms with Crippen molar-refractivity contribution in [1.29, 1.82) is 0 Å². The molecule has 6 heteroatoms. The third kappa shape index (κ3) is 5.32. The Morgan fingerprint density at radius 3 is 2.78 bits per heavy atom. The van der Waals surface area contributed by atoms with Gasteiger partial charge in [-0.25, -0.2) is 14.4 Å². The second-order valence-corrected chi connectivity index (χ2v) is 5.66. The fourth-order valence-corrected chi connectivity index (χ4v) is 1.99. The Morgan fingerprint density at radius 2 is 2.04 bits per heavy atom. The van der Waals surface area contributed by atoms with Gasteiger partial charge in [0.25, 0.3) is 5.91 Å². The molecule has 0 radical (unpaired) electrons. The number of anilines is 1. The fraction of sp³-hybridized carbons (Fsp3) is 0.353. The second-order valence-electron chi connectivity index (χ2n) is 5.66. The molecule has 1 aromatic heterocycles.